The van der Waals surface area contributed by atoms with E-state index in [1.165, 1.54) is 12.1 Å². The molecule has 5 nitrogen and oxygen atoms in total. The Kier molecular flexibility index (Phi) is 5.83. The van der Waals surface area contributed by atoms with Gasteiger partial charge in [0.1, 0.15) is 0 Å². The Morgan fingerprint density at radius 2 is 1.76 bits per heavy atom. The maximum atomic E-state index is 12.6. The minimum Gasteiger partial charge on any atom is -0.350 e. The van der Waals surface area contributed by atoms with Crippen LogP contribution in [0.1, 0.15) is 17.2 Å². The van der Waals surface area contributed by atoms with Crippen LogP contribution in [0.4, 0.5) is 23.7 Å². The summed E-state index contributed by atoms with van der Waals surface area (Å²) in [5, 5.41) is 6.48. The molecule has 0 saturated carbocycles. The fraction of sp³-hybridized carbons (Fsp3) is 0.286. The van der Waals surface area contributed by atoms with E-state index in [2.05, 4.69) is 10.6 Å². The lowest BCUT2D eigenvalue weighted by molar-refractivity contribution is -0.137. The third-order valence-corrected chi connectivity index (χ3v) is 4.84. The fourth-order valence-corrected chi connectivity index (χ4v) is 3.32. The normalized spacial score (nSPS) is 12.9. The zero-order valence-electron chi connectivity index (χ0n) is 16.4. The number of halogens is 3. The molecule has 0 aliphatic heterocycles. The van der Waals surface area contributed by atoms with Gasteiger partial charge in [0.05, 0.1) is 11.6 Å². The summed E-state index contributed by atoms with van der Waals surface area (Å²) < 4.78 is 40.0. The molecule has 0 spiro atoms. The number of fused-ring (bicyclic) bond motifs is 1. The molecule has 8 heteroatoms. The number of hydrogen-bond donors (Lipinski definition) is 2. The fourth-order valence-electron chi connectivity index (χ4n) is 3.32. The van der Waals surface area contributed by atoms with Crippen molar-refractivity contribution in [2.24, 2.45) is 7.05 Å². The standard InChI is InChI=1S/C21H23F3N4O/c1-27(2)19(17-13-28(3)18-7-5-4-6-16(17)18)12-25-20(29)26-15-10-8-14(9-11-15)21(22,23)24/h4-11,13,19H,12H2,1-3H3,(H2,25,26,29). The SMILES string of the molecule is CN(C)C(CNC(=O)Nc1ccc(C(F)(F)F)cc1)c1cn(C)c2ccccc12. The van der Waals surface area contributed by atoms with E-state index in [0.717, 1.165) is 28.6 Å². The Bertz CT molecular complexity index is 993. The summed E-state index contributed by atoms with van der Waals surface area (Å²) in [4.78, 5) is 14.3. The predicted molar refractivity (Wildman–Crippen MR) is 108 cm³/mol. The van der Waals surface area contributed by atoms with E-state index in [1.807, 2.05) is 61.1 Å². The van der Waals surface area contributed by atoms with Crippen molar-refractivity contribution < 1.29 is 18.0 Å². The molecule has 0 saturated heterocycles. The van der Waals surface area contributed by atoms with Crippen LogP contribution in [-0.2, 0) is 13.2 Å². The number of anilines is 1. The van der Waals surface area contributed by atoms with Crippen LogP contribution in [0.15, 0.2) is 54.7 Å². The number of para-hydroxylation sites is 1. The number of aromatic nitrogens is 1. The number of rotatable bonds is 5. The Morgan fingerprint density at radius 1 is 1.10 bits per heavy atom. The Labute approximate surface area is 167 Å². The van der Waals surface area contributed by atoms with Gasteiger partial charge in [-0.15, -0.1) is 0 Å². The van der Waals surface area contributed by atoms with Gasteiger partial charge in [-0.2, -0.15) is 13.2 Å². The van der Waals surface area contributed by atoms with Crippen molar-refractivity contribution in [2.75, 3.05) is 26.0 Å². The molecule has 154 valence electrons. The van der Waals surface area contributed by atoms with Crippen LogP contribution in [-0.4, -0.2) is 36.1 Å². The lowest BCUT2D eigenvalue weighted by atomic mass is 10.0. The van der Waals surface area contributed by atoms with Gasteiger partial charge < -0.3 is 20.1 Å². The van der Waals surface area contributed by atoms with Gasteiger partial charge in [0.25, 0.3) is 0 Å². The van der Waals surface area contributed by atoms with Crippen LogP contribution < -0.4 is 10.6 Å². The van der Waals surface area contributed by atoms with Gasteiger partial charge in [-0.3, -0.25) is 0 Å². The summed E-state index contributed by atoms with van der Waals surface area (Å²) in [5.41, 5.74) is 1.72. The number of aryl methyl sites for hydroxylation is 1. The second kappa shape index (κ2) is 8.16. The number of benzene rings is 2. The highest BCUT2D eigenvalue weighted by Crippen LogP contribution is 2.30. The number of nitrogens with one attached hydrogen (secondary N) is 2. The quantitative estimate of drug-likeness (QED) is 0.652. The van der Waals surface area contributed by atoms with E-state index in [1.54, 1.807) is 0 Å². The molecule has 0 bridgehead atoms. The monoisotopic (exact) mass is 404 g/mol. The number of alkyl halides is 3. The Balaban J connectivity index is 1.68. The van der Waals surface area contributed by atoms with E-state index in [0.29, 0.717) is 12.2 Å². The van der Waals surface area contributed by atoms with Crippen molar-refractivity contribution in [3.63, 3.8) is 0 Å². The summed E-state index contributed by atoms with van der Waals surface area (Å²) >= 11 is 0. The topological polar surface area (TPSA) is 49.3 Å². The van der Waals surface area contributed by atoms with Crippen molar-refractivity contribution >= 4 is 22.6 Å². The average molecular weight is 404 g/mol. The molecule has 3 aromatic rings. The van der Waals surface area contributed by atoms with Gasteiger partial charge in [0.15, 0.2) is 0 Å². The number of carbonyl (C=O) groups is 1. The molecule has 0 fully saturated rings. The first-order chi connectivity index (χ1) is 13.7. The van der Waals surface area contributed by atoms with Crippen molar-refractivity contribution in [3.8, 4) is 0 Å². The highest BCUT2D eigenvalue weighted by molar-refractivity contribution is 5.89. The van der Waals surface area contributed by atoms with E-state index in [9.17, 15) is 18.0 Å². The molecule has 1 heterocycles. The van der Waals surface area contributed by atoms with Gasteiger partial charge in [-0.25, -0.2) is 4.79 Å². The molecule has 2 amide bonds. The first kappa shape index (κ1) is 20.7. The summed E-state index contributed by atoms with van der Waals surface area (Å²) in [6.07, 6.45) is -2.36. The van der Waals surface area contributed by atoms with E-state index in [4.69, 9.17) is 0 Å². The second-order valence-electron chi connectivity index (χ2n) is 7.10. The summed E-state index contributed by atoms with van der Waals surface area (Å²) in [6, 6.07) is 11.8. The molecule has 3 rings (SSSR count). The Hall–Kier alpha value is -3.00. The van der Waals surface area contributed by atoms with Crippen molar-refractivity contribution in [3.05, 3.63) is 65.9 Å². The number of urea groups is 1. The molecule has 29 heavy (non-hydrogen) atoms. The number of hydrogen-bond acceptors (Lipinski definition) is 2. The molecule has 0 aliphatic carbocycles. The molecule has 1 unspecified atom stereocenters. The van der Waals surface area contributed by atoms with Gasteiger partial charge in [-0.1, -0.05) is 18.2 Å². The number of nitrogens with zero attached hydrogens (tertiary/aromatic N) is 2. The van der Waals surface area contributed by atoms with E-state index in [-0.39, 0.29) is 6.04 Å². The highest BCUT2D eigenvalue weighted by Gasteiger charge is 2.30. The second-order valence-corrected chi connectivity index (χ2v) is 7.10. The molecule has 1 aromatic heterocycles. The van der Waals surface area contributed by atoms with Gasteiger partial charge >= 0.3 is 12.2 Å². The van der Waals surface area contributed by atoms with Gasteiger partial charge in [-0.05, 0) is 50.0 Å². The van der Waals surface area contributed by atoms with Crippen molar-refractivity contribution in [1.29, 1.82) is 0 Å². The molecule has 0 radical (unpaired) electrons. The lowest BCUT2D eigenvalue weighted by Crippen LogP contribution is -2.36. The zero-order chi connectivity index (χ0) is 21.2. The first-order valence-corrected chi connectivity index (χ1v) is 9.09. The highest BCUT2D eigenvalue weighted by atomic mass is 19.4. The van der Waals surface area contributed by atoms with Crippen molar-refractivity contribution in [1.82, 2.24) is 14.8 Å². The average Bonchev–Trinajstić information content (AvgIpc) is 2.98. The first-order valence-electron chi connectivity index (χ1n) is 9.09. The van der Waals surface area contributed by atoms with Crippen LogP contribution in [0.2, 0.25) is 0 Å². The maximum Gasteiger partial charge on any atom is 0.416 e. The lowest BCUT2D eigenvalue weighted by Gasteiger charge is -2.24. The maximum absolute atomic E-state index is 12.6. The van der Waals surface area contributed by atoms with Crippen LogP contribution in [0.5, 0.6) is 0 Å². The zero-order valence-corrected chi connectivity index (χ0v) is 16.4. The molecular weight excluding hydrogens is 381 g/mol. The minimum absolute atomic E-state index is 0.0699. The van der Waals surface area contributed by atoms with E-state index >= 15 is 0 Å². The van der Waals surface area contributed by atoms with Crippen LogP contribution in [0.3, 0.4) is 0 Å². The third kappa shape index (κ3) is 4.71. The molecule has 1 atom stereocenters. The molecular formula is C21H23F3N4O. The van der Waals surface area contributed by atoms with Gasteiger partial charge in [0.2, 0.25) is 0 Å². The van der Waals surface area contributed by atoms with Crippen molar-refractivity contribution in [2.45, 2.75) is 12.2 Å². The Morgan fingerprint density at radius 3 is 2.38 bits per heavy atom. The van der Waals surface area contributed by atoms with Crippen LogP contribution >= 0.6 is 0 Å². The number of amides is 2. The third-order valence-electron chi connectivity index (χ3n) is 4.84. The van der Waals surface area contributed by atoms with Crippen LogP contribution in [0.25, 0.3) is 10.9 Å². The smallest absolute Gasteiger partial charge is 0.350 e. The molecule has 0 aliphatic rings. The number of likely N-dealkylation sites (N-methyl/N-ethyl adjacent to an activating group) is 1. The largest absolute Gasteiger partial charge is 0.416 e. The minimum atomic E-state index is -4.40. The summed E-state index contributed by atoms with van der Waals surface area (Å²) in [7, 11) is 5.84. The summed E-state index contributed by atoms with van der Waals surface area (Å²) in [6.45, 7) is 0.341. The molecule has 2 aromatic carbocycles. The molecule has 2 N–H and O–H groups in total. The van der Waals surface area contributed by atoms with E-state index < -0.39 is 17.8 Å². The number of carbonyl (C=O) groups excluding carboxylic acids is 1. The predicted octanol–water partition coefficient (Wildman–Crippen LogP) is 4.62. The van der Waals surface area contributed by atoms with Crippen LogP contribution in [0, 0.1) is 0 Å². The summed E-state index contributed by atoms with van der Waals surface area (Å²) in [5.74, 6) is 0. The van der Waals surface area contributed by atoms with Gasteiger partial charge in [0, 0.05) is 36.4 Å².